The summed E-state index contributed by atoms with van der Waals surface area (Å²) < 4.78 is 34.5. The molecule has 0 bridgehead atoms. The summed E-state index contributed by atoms with van der Waals surface area (Å²) in [4.78, 5) is 0.0914. The van der Waals surface area contributed by atoms with Crippen LogP contribution in [-0.2, 0) is 17.1 Å². The minimum absolute atomic E-state index is 0.0295. The predicted octanol–water partition coefficient (Wildman–Crippen LogP) is 3.27. The van der Waals surface area contributed by atoms with Gasteiger partial charge < -0.3 is 4.74 Å². The van der Waals surface area contributed by atoms with Crippen molar-refractivity contribution in [1.29, 1.82) is 0 Å². The van der Waals surface area contributed by atoms with Crippen LogP contribution in [0.3, 0.4) is 0 Å². The fourth-order valence-corrected chi connectivity index (χ4v) is 5.23. The zero-order chi connectivity index (χ0) is 18.2. The Morgan fingerprint density at radius 3 is 2.28 bits per heavy atom. The molecule has 0 spiro atoms. The van der Waals surface area contributed by atoms with Crippen molar-refractivity contribution in [3.63, 3.8) is 0 Å². The number of ether oxygens (including phenoxy) is 1. The third kappa shape index (κ3) is 3.79. The number of sulfonamides is 1. The van der Waals surface area contributed by atoms with E-state index in [1.54, 1.807) is 26.1 Å². The summed E-state index contributed by atoms with van der Waals surface area (Å²) in [6, 6.07) is 7.15. The van der Waals surface area contributed by atoms with Crippen LogP contribution in [0.15, 0.2) is 29.2 Å². The van der Waals surface area contributed by atoms with Crippen LogP contribution in [0.1, 0.15) is 18.5 Å². The summed E-state index contributed by atoms with van der Waals surface area (Å²) in [7, 11) is -2.03. The Balaban J connectivity index is 1.68. The highest BCUT2D eigenvalue weighted by Crippen LogP contribution is 2.30. The molecule has 9 heteroatoms. The van der Waals surface area contributed by atoms with Crippen LogP contribution in [0.5, 0.6) is 5.75 Å². The zero-order valence-corrected chi connectivity index (χ0v) is 16.3. The first-order valence-electron chi connectivity index (χ1n) is 7.90. The Hall–Kier alpha value is -1.28. The van der Waals surface area contributed by atoms with E-state index in [0.717, 1.165) is 5.75 Å². The fourth-order valence-electron chi connectivity index (χ4n) is 2.93. The first-order chi connectivity index (χ1) is 11.8. The molecule has 0 radical (unpaired) electrons. The molecule has 0 N–H and O–H groups in total. The van der Waals surface area contributed by atoms with Crippen molar-refractivity contribution in [2.24, 2.45) is 7.05 Å². The Morgan fingerprint density at radius 2 is 1.76 bits per heavy atom. The molecule has 1 aliphatic heterocycles. The highest BCUT2D eigenvalue weighted by Gasteiger charge is 2.34. The Kier molecular flexibility index (Phi) is 5.29. The second-order valence-electron chi connectivity index (χ2n) is 6.00. The smallest absolute Gasteiger partial charge is 0.248 e. The molecule has 0 saturated carbocycles. The highest BCUT2D eigenvalue weighted by molar-refractivity contribution is 7.89. The van der Waals surface area contributed by atoms with Gasteiger partial charge in [0, 0.05) is 25.2 Å². The molecule has 0 aliphatic carbocycles. The molecule has 1 fully saturated rings. The lowest BCUT2D eigenvalue weighted by molar-refractivity contribution is 0.135. The van der Waals surface area contributed by atoms with Gasteiger partial charge in [0.1, 0.15) is 21.9 Å². The summed E-state index contributed by atoms with van der Waals surface area (Å²) in [6.07, 6.45) is 1.19. The quantitative estimate of drug-likeness (QED) is 0.785. The normalized spacial score (nSPS) is 17.0. The minimum atomic E-state index is -3.66. The molecule has 1 aromatic carbocycles. The number of benzene rings is 1. The summed E-state index contributed by atoms with van der Waals surface area (Å²) in [5, 5.41) is 4.88. The number of rotatable bonds is 4. The van der Waals surface area contributed by atoms with Gasteiger partial charge in [-0.3, -0.25) is 4.68 Å². The van der Waals surface area contributed by atoms with Crippen LogP contribution in [0.4, 0.5) is 0 Å². The van der Waals surface area contributed by atoms with Crippen molar-refractivity contribution in [2.75, 3.05) is 13.1 Å². The molecule has 1 aliphatic rings. The molecule has 2 aromatic rings. The van der Waals surface area contributed by atoms with Gasteiger partial charge >= 0.3 is 0 Å². The molecule has 2 heterocycles. The van der Waals surface area contributed by atoms with E-state index >= 15 is 0 Å². The topological polar surface area (TPSA) is 64.4 Å². The van der Waals surface area contributed by atoms with Crippen molar-refractivity contribution in [3.8, 4) is 5.75 Å². The number of hydrogen-bond donors (Lipinski definition) is 0. The lowest BCUT2D eigenvalue weighted by Crippen LogP contribution is -2.41. The van der Waals surface area contributed by atoms with Gasteiger partial charge in [-0.2, -0.15) is 9.40 Å². The van der Waals surface area contributed by atoms with Crippen LogP contribution < -0.4 is 4.74 Å². The van der Waals surface area contributed by atoms with E-state index < -0.39 is 10.0 Å². The van der Waals surface area contributed by atoms with Crippen molar-refractivity contribution in [1.82, 2.24) is 14.1 Å². The van der Waals surface area contributed by atoms with Crippen molar-refractivity contribution in [3.05, 3.63) is 40.1 Å². The van der Waals surface area contributed by atoms with Gasteiger partial charge in [0.25, 0.3) is 0 Å². The van der Waals surface area contributed by atoms with E-state index in [2.05, 4.69) is 5.10 Å². The summed E-state index contributed by atoms with van der Waals surface area (Å²) in [5.41, 5.74) is 0.409. The maximum Gasteiger partial charge on any atom is 0.248 e. The van der Waals surface area contributed by atoms with E-state index in [4.69, 9.17) is 27.9 Å². The standard InChI is InChI=1S/C16H19Cl2N3O3S/c1-11-15(16(18)20(2)19-11)25(22,23)21-9-7-14(8-10-21)24-13-5-3-12(17)4-6-13/h3-6,14H,7-10H2,1-2H3. The number of piperidine rings is 1. The number of aryl methyl sites for hydroxylation is 2. The number of nitrogens with zero attached hydrogens (tertiary/aromatic N) is 3. The Morgan fingerprint density at radius 1 is 1.16 bits per heavy atom. The predicted molar refractivity (Wildman–Crippen MR) is 96.8 cm³/mol. The van der Waals surface area contributed by atoms with E-state index in [1.165, 1.54) is 8.99 Å². The number of hydrogen-bond acceptors (Lipinski definition) is 4. The summed E-state index contributed by atoms with van der Waals surface area (Å²) in [5.74, 6) is 0.733. The number of aromatic nitrogens is 2. The first kappa shape index (κ1) is 18.5. The van der Waals surface area contributed by atoms with Crippen LogP contribution in [0.2, 0.25) is 10.2 Å². The van der Waals surface area contributed by atoms with Crippen molar-refractivity contribution in [2.45, 2.75) is 30.8 Å². The number of halogens is 2. The van der Waals surface area contributed by atoms with Crippen LogP contribution in [0, 0.1) is 6.92 Å². The van der Waals surface area contributed by atoms with Crippen molar-refractivity contribution >= 4 is 33.2 Å². The van der Waals surface area contributed by atoms with E-state index in [0.29, 0.717) is 36.6 Å². The van der Waals surface area contributed by atoms with Crippen LogP contribution in [0.25, 0.3) is 0 Å². The molecule has 3 rings (SSSR count). The Labute approximate surface area is 157 Å². The fraction of sp³-hybridized carbons (Fsp3) is 0.438. The Bertz CT molecular complexity index is 857. The van der Waals surface area contributed by atoms with E-state index in [9.17, 15) is 8.42 Å². The van der Waals surface area contributed by atoms with Gasteiger partial charge in [-0.05, 0) is 44.0 Å². The van der Waals surface area contributed by atoms with Gasteiger partial charge in [-0.1, -0.05) is 23.2 Å². The molecular weight excluding hydrogens is 385 g/mol. The first-order valence-corrected chi connectivity index (χ1v) is 10.1. The lowest BCUT2D eigenvalue weighted by atomic mass is 10.1. The monoisotopic (exact) mass is 403 g/mol. The molecule has 1 aromatic heterocycles. The SMILES string of the molecule is Cc1nn(C)c(Cl)c1S(=O)(=O)N1CCC(Oc2ccc(Cl)cc2)CC1. The van der Waals surface area contributed by atoms with E-state index in [1.807, 2.05) is 12.1 Å². The molecule has 6 nitrogen and oxygen atoms in total. The third-order valence-corrected chi connectivity index (χ3v) is 7.06. The highest BCUT2D eigenvalue weighted by atomic mass is 35.5. The maximum absolute atomic E-state index is 12.9. The molecule has 0 unspecified atom stereocenters. The van der Waals surface area contributed by atoms with E-state index in [-0.39, 0.29) is 16.2 Å². The van der Waals surface area contributed by atoms with Crippen LogP contribution >= 0.6 is 23.2 Å². The van der Waals surface area contributed by atoms with Gasteiger partial charge in [-0.25, -0.2) is 8.42 Å². The zero-order valence-electron chi connectivity index (χ0n) is 13.9. The van der Waals surface area contributed by atoms with Gasteiger partial charge in [0.2, 0.25) is 10.0 Å². The van der Waals surface area contributed by atoms with Crippen LogP contribution in [-0.4, -0.2) is 41.7 Å². The van der Waals surface area contributed by atoms with Gasteiger partial charge in [0.15, 0.2) is 0 Å². The molecule has 0 atom stereocenters. The molecule has 1 saturated heterocycles. The molecule has 25 heavy (non-hydrogen) atoms. The largest absolute Gasteiger partial charge is 0.490 e. The van der Waals surface area contributed by atoms with Gasteiger partial charge in [0.05, 0.1) is 5.69 Å². The average Bonchev–Trinajstić information content (AvgIpc) is 2.83. The molecular formula is C16H19Cl2N3O3S. The van der Waals surface area contributed by atoms with Gasteiger partial charge in [-0.15, -0.1) is 0 Å². The lowest BCUT2D eigenvalue weighted by Gasteiger charge is -2.31. The second kappa shape index (κ2) is 7.15. The molecule has 0 amide bonds. The molecule has 136 valence electrons. The minimum Gasteiger partial charge on any atom is -0.490 e. The maximum atomic E-state index is 12.9. The second-order valence-corrected chi connectivity index (χ2v) is 8.67. The summed E-state index contributed by atoms with van der Waals surface area (Å²) >= 11 is 12.0. The third-order valence-electron chi connectivity index (χ3n) is 4.22. The van der Waals surface area contributed by atoms with Crippen molar-refractivity contribution < 1.29 is 13.2 Å². The summed E-state index contributed by atoms with van der Waals surface area (Å²) in [6.45, 7) is 2.41. The average molecular weight is 404 g/mol.